The smallest absolute Gasteiger partial charge is 0.0726 e. The van der Waals surface area contributed by atoms with E-state index >= 15 is 0 Å². The molecule has 1 unspecified atom stereocenters. The Morgan fingerprint density at radius 2 is 1.82 bits per heavy atom. The van der Waals surface area contributed by atoms with Crippen LogP contribution in [0.4, 0.5) is 0 Å². The molecule has 1 fully saturated rings. The number of alkyl halides is 1. The summed E-state index contributed by atoms with van der Waals surface area (Å²) in [4.78, 5) is 2.41. The predicted octanol–water partition coefficient (Wildman–Crippen LogP) is 4.76. The van der Waals surface area contributed by atoms with Gasteiger partial charge in [-0.2, -0.15) is 0 Å². The first-order valence-corrected chi connectivity index (χ1v) is 7.17. The number of hydrogen-bond acceptors (Lipinski definition) is 1. The summed E-state index contributed by atoms with van der Waals surface area (Å²) in [6.07, 6.45) is 3.89. The summed E-state index contributed by atoms with van der Waals surface area (Å²) in [7, 11) is 0. The van der Waals surface area contributed by atoms with Crippen LogP contribution in [0.25, 0.3) is 0 Å². The lowest BCUT2D eigenvalue weighted by atomic mass is 10.1. The summed E-state index contributed by atoms with van der Waals surface area (Å²) in [6, 6.07) is 5.52. The molecule has 17 heavy (non-hydrogen) atoms. The highest BCUT2D eigenvalue weighted by Crippen LogP contribution is 2.31. The molecule has 94 valence electrons. The van der Waals surface area contributed by atoms with Gasteiger partial charge >= 0.3 is 0 Å². The highest BCUT2D eigenvalue weighted by atomic mass is 35.5. The van der Waals surface area contributed by atoms with Gasteiger partial charge in [-0.15, -0.1) is 11.6 Å². The van der Waals surface area contributed by atoms with E-state index in [1.807, 2.05) is 12.1 Å². The number of nitrogens with zero attached hydrogens (tertiary/aromatic N) is 1. The lowest BCUT2D eigenvalue weighted by Crippen LogP contribution is -2.32. The van der Waals surface area contributed by atoms with E-state index < -0.39 is 0 Å². The van der Waals surface area contributed by atoms with Gasteiger partial charge in [0.2, 0.25) is 0 Å². The summed E-state index contributed by atoms with van der Waals surface area (Å²) in [5, 5.41) is 1.26. The number of halogens is 3. The summed E-state index contributed by atoms with van der Waals surface area (Å²) in [5.41, 5.74) is 0.975. The zero-order valence-electron chi connectivity index (χ0n) is 9.63. The summed E-state index contributed by atoms with van der Waals surface area (Å²) in [6.45, 7) is 3.16. The van der Waals surface area contributed by atoms with Crippen molar-refractivity contribution in [3.8, 4) is 0 Å². The molecule has 0 amide bonds. The average Bonchev–Trinajstić information content (AvgIpc) is 2.30. The molecule has 0 saturated carbocycles. The topological polar surface area (TPSA) is 3.24 Å². The lowest BCUT2D eigenvalue weighted by molar-refractivity contribution is 0.229. The van der Waals surface area contributed by atoms with E-state index in [0.29, 0.717) is 10.0 Å². The molecule has 1 aromatic rings. The van der Waals surface area contributed by atoms with Crippen molar-refractivity contribution in [1.82, 2.24) is 4.90 Å². The second kappa shape index (κ2) is 6.29. The minimum atomic E-state index is -0.0575. The maximum atomic E-state index is 6.43. The highest BCUT2D eigenvalue weighted by Gasteiger charge is 2.18. The fourth-order valence-corrected chi connectivity index (χ4v) is 3.20. The van der Waals surface area contributed by atoms with Crippen LogP contribution in [0.15, 0.2) is 18.2 Å². The third-order valence-corrected chi connectivity index (χ3v) is 4.10. The van der Waals surface area contributed by atoms with Gasteiger partial charge in [-0.1, -0.05) is 35.7 Å². The Balaban J connectivity index is 2.00. The van der Waals surface area contributed by atoms with Crippen molar-refractivity contribution in [2.45, 2.75) is 24.6 Å². The minimum Gasteiger partial charge on any atom is -0.302 e. The number of hydrogen-bond donors (Lipinski definition) is 0. The Bertz CT molecular complexity index is 375. The number of benzene rings is 1. The quantitative estimate of drug-likeness (QED) is 0.726. The Morgan fingerprint density at radius 3 is 2.47 bits per heavy atom. The van der Waals surface area contributed by atoms with Gasteiger partial charge in [0, 0.05) is 16.6 Å². The van der Waals surface area contributed by atoms with Crippen LogP contribution >= 0.6 is 34.8 Å². The van der Waals surface area contributed by atoms with Gasteiger partial charge in [0.1, 0.15) is 0 Å². The number of likely N-dealkylation sites (tertiary alicyclic amines) is 1. The minimum absolute atomic E-state index is 0.0575. The molecule has 0 radical (unpaired) electrons. The van der Waals surface area contributed by atoms with Crippen LogP contribution in [-0.2, 0) is 0 Å². The second-order valence-corrected chi connectivity index (χ2v) is 5.87. The molecule has 1 heterocycles. The predicted molar refractivity (Wildman–Crippen MR) is 75.3 cm³/mol. The zero-order chi connectivity index (χ0) is 12.3. The van der Waals surface area contributed by atoms with Crippen molar-refractivity contribution >= 4 is 34.8 Å². The molecule has 4 heteroatoms. The summed E-state index contributed by atoms with van der Waals surface area (Å²) >= 11 is 18.5. The molecule has 0 aliphatic carbocycles. The second-order valence-electron chi connectivity index (χ2n) is 4.49. The maximum Gasteiger partial charge on any atom is 0.0726 e. The van der Waals surface area contributed by atoms with Gasteiger partial charge in [-0.05, 0) is 43.6 Å². The van der Waals surface area contributed by atoms with Crippen molar-refractivity contribution in [3.05, 3.63) is 33.8 Å². The van der Waals surface area contributed by atoms with Crippen LogP contribution in [-0.4, -0.2) is 24.5 Å². The van der Waals surface area contributed by atoms with E-state index in [0.717, 1.165) is 25.2 Å². The molecule has 0 spiro atoms. The molecule has 1 saturated heterocycles. The molecule has 1 nitrogen and oxygen atoms in total. The molecular weight excluding hydrogens is 277 g/mol. The standard InChI is InChI=1S/C13H16Cl3N/c14-10-4-5-11(12(15)8-10)13(16)9-17-6-2-1-3-7-17/h4-5,8,13H,1-3,6-7,9H2. The number of piperidine rings is 1. The fourth-order valence-electron chi connectivity index (χ4n) is 2.22. The van der Waals surface area contributed by atoms with Gasteiger partial charge in [0.05, 0.1) is 5.38 Å². The molecule has 2 rings (SSSR count). The monoisotopic (exact) mass is 291 g/mol. The third-order valence-electron chi connectivity index (χ3n) is 3.17. The van der Waals surface area contributed by atoms with Crippen molar-refractivity contribution in [2.24, 2.45) is 0 Å². The maximum absolute atomic E-state index is 6.43. The van der Waals surface area contributed by atoms with Crippen molar-refractivity contribution in [1.29, 1.82) is 0 Å². The van der Waals surface area contributed by atoms with Crippen molar-refractivity contribution in [2.75, 3.05) is 19.6 Å². The first-order valence-electron chi connectivity index (χ1n) is 5.98. The Morgan fingerprint density at radius 1 is 1.12 bits per heavy atom. The number of rotatable bonds is 3. The normalized spacial score (nSPS) is 19.2. The lowest BCUT2D eigenvalue weighted by Gasteiger charge is -2.28. The van der Waals surface area contributed by atoms with E-state index in [1.54, 1.807) is 6.07 Å². The zero-order valence-corrected chi connectivity index (χ0v) is 11.9. The van der Waals surface area contributed by atoms with Gasteiger partial charge in [-0.3, -0.25) is 0 Å². The van der Waals surface area contributed by atoms with Crippen molar-refractivity contribution < 1.29 is 0 Å². The molecule has 1 aliphatic heterocycles. The van der Waals surface area contributed by atoms with Crippen LogP contribution in [0.5, 0.6) is 0 Å². The van der Waals surface area contributed by atoms with Gasteiger partial charge in [-0.25, -0.2) is 0 Å². The summed E-state index contributed by atoms with van der Waals surface area (Å²) < 4.78 is 0. The molecule has 1 aliphatic rings. The van der Waals surface area contributed by atoms with E-state index in [1.165, 1.54) is 19.3 Å². The van der Waals surface area contributed by atoms with Crippen LogP contribution in [0.3, 0.4) is 0 Å². The Labute approximate surface area is 118 Å². The molecule has 0 bridgehead atoms. The SMILES string of the molecule is Clc1ccc(C(Cl)CN2CCCCC2)c(Cl)c1. The molecule has 1 atom stereocenters. The largest absolute Gasteiger partial charge is 0.302 e. The fraction of sp³-hybridized carbons (Fsp3) is 0.538. The molecule has 0 N–H and O–H groups in total. The van der Waals surface area contributed by atoms with Gasteiger partial charge in [0.25, 0.3) is 0 Å². The van der Waals surface area contributed by atoms with E-state index in [4.69, 9.17) is 34.8 Å². The Hall–Kier alpha value is 0.0500. The first kappa shape index (κ1) is 13.5. The first-order chi connectivity index (χ1) is 8.16. The average molecular weight is 293 g/mol. The van der Waals surface area contributed by atoms with Crippen molar-refractivity contribution in [3.63, 3.8) is 0 Å². The molecule has 1 aromatic carbocycles. The third kappa shape index (κ3) is 3.75. The molecular formula is C13H16Cl3N. The van der Waals surface area contributed by atoms with Crippen LogP contribution in [0.2, 0.25) is 10.0 Å². The van der Waals surface area contributed by atoms with Gasteiger partial charge in [0.15, 0.2) is 0 Å². The van der Waals surface area contributed by atoms with Crippen LogP contribution in [0.1, 0.15) is 30.2 Å². The van der Waals surface area contributed by atoms with E-state index in [9.17, 15) is 0 Å². The van der Waals surface area contributed by atoms with Crippen LogP contribution in [0, 0.1) is 0 Å². The Kier molecular flexibility index (Phi) is 4.98. The molecule has 0 aromatic heterocycles. The highest BCUT2D eigenvalue weighted by molar-refractivity contribution is 6.35. The van der Waals surface area contributed by atoms with E-state index in [-0.39, 0.29) is 5.38 Å². The van der Waals surface area contributed by atoms with Crippen LogP contribution < -0.4 is 0 Å². The summed E-state index contributed by atoms with van der Waals surface area (Å²) in [5.74, 6) is 0. The van der Waals surface area contributed by atoms with E-state index in [2.05, 4.69) is 4.90 Å². The van der Waals surface area contributed by atoms with Gasteiger partial charge < -0.3 is 4.90 Å².